The van der Waals surface area contributed by atoms with Crippen molar-refractivity contribution in [2.75, 3.05) is 0 Å². The number of hydrogen-bond acceptors (Lipinski definition) is 3. The summed E-state index contributed by atoms with van der Waals surface area (Å²) in [5.74, 6) is -1.10. The predicted octanol–water partition coefficient (Wildman–Crippen LogP) is 3.11. The Morgan fingerprint density at radius 2 is 1.85 bits per heavy atom. The zero-order valence-corrected chi connectivity index (χ0v) is 13.3. The lowest BCUT2D eigenvalue weighted by molar-refractivity contribution is -0.137. The van der Waals surface area contributed by atoms with Crippen molar-refractivity contribution in [3.63, 3.8) is 0 Å². The first-order valence-electron chi connectivity index (χ1n) is 5.70. The highest BCUT2D eigenvalue weighted by molar-refractivity contribution is 14.1. The summed E-state index contributed by atoms with van der Waals surface area (Å²) in [7, 11) is -4.76. The molecular formula is C12H13F2IO4S. The number of halogens is 3. The number of alkyl halides is 3. The van der Waals surface area contributed by atoms with Crippen LogP contribution in [0.15, 0.2) is 35.2 Å². The van der Waals surface area contributed by atoms with E-state index < -0.39 is 36.3 Å². The molecule has 0 fully saturated rings. The molecule has 112 valence electrons. The van der Waals surface area contributed by atoms with Crippen LogP contribution in [0.25, 0.3) is 0 Å². The first-order valence-corrected chi connectivity index (χ1v) is 8.43. The van der Waals surface area contributed by atoms with Crippen molar-refractivity contribution in [2.45, 2.75) is 33.3 Å². The van der Waals surface area contributed by atoms with Crippen LogP contribution < -0.4 is 0 Å². The van der Waals surface area contributed by atoms with Crippen molar-refractivity contribution in [1.82, 2.24) is 0 Å². The van der Waals surface area contributed by atoms with Crippen LogP contribution in [-0.4, -0.2) is 28.7 Å². The zero-order chi connectivity index (χ0) is 15.4. The molecule has 0 aliphatic heterocycles. The Labute approximate surface area is 129 Å². The van der Waals surface area contributed by atoms with E-state index in [1.165, 1.54) is 18.2 Å². The highest BCUT2D eigenvalue weighted by Crippen LogP contribution is 2.35. The standard InChI is InChI=1S/C12H13F2IO4S/c13-12(14,8-9(15)6-7-11(16)17)20(18,19)10-4-2-1-3-5-10/h1-5,9H,6-8H2,(H,16,17). The van der Waals surface area contributed by atoms with Crippen LogP contribution in [0.5, 0.6) is 0 Å². The molecule has 1 N–H and O–H groups in total. The number of carboxylic acid groups (broad SMARTS) is 1. The van der Waals surface area contributed by atoms with Crippen LogP contribution in [0.3, 0.4) is 0 Å². The fraction of sp³-hybridized carbons (Fsp3) is 0.417. The topological polar surface area (TPSA) is 71.4 Å². The molecule has 0 bridgehead atoms. The third-order valence-electron chi connectivity index (χ3n) is 2.58. The van der Waals surface area contributed by atoms with Crippen molar-refractivity contribution >= 4 is 38.4 Å². The van der Waals surface area contributed by atoms with Gasteiger partial charge in [-0.15, -0.1) is 0 Å². The predicted molar refractivity (Wildman–Crippen MR) is 77.9 cm³/mol. The van der Waals surface area contributed by atoms with Gasteiger partial charge < -0.3 is 5.11 Å². The Bertz CT molecular complexity index is 560. The van der Waals surface area contributed by atoms with Crippen molar-refractivity contribution in [3.05, 3.63) is 30.3 Å². The number of hydrogen-bond donors (Lipinski definition) is 1. The highest BCUT2D eigenvalue weighted by Gasteiger charge is 2.46. The van der Waals surface area contributed by atoms with Gasteiger partial charge in [-0.2, -0.15) is 8.78 Å². The van der Waals surface area contributed by atoms with Gasteiger partial charge in [-0.3, -0.25) is 4.79 Å². The summed E-state index contributed by atoms with van der Waals surface area (Å²) in [5, 5.41) is 4.57. The summed E-state index contributed by atoms with van der Waals surface area (Å²) in [6.45, 7) is 0. The Morgan fingerprint density at radius 3 is 2.35 bits per heavy atom. The summed E-state index contributed by atoms with van der Waals surface area (Å²) in [4.78, 5) is 9.94. The summed E-state index contributed by atoms with van der Waals surface area (Å²) in [5.41, 5.74) is 0. The average molecular weight is 418 g/mol. The quantitative estimate of drug-likeness (QED) is 0.546. The molecule has 4 nitrogen and oxygen atoms in total. The van der Waals surface area contributed by atoms with E-state index in [4.69, 9.17) is 5.11 Å². The molecule has 1 rings (SSSR count). The van der Waals surface area contributed by atoms with E-state index in [-0.39, 0.29) is 12.8 Å². The van der Waals surface area contributed by atoms with E-state index in [0.29, 0.717) is 0 Å². The minimum absolute atomic E-state index is 0.00417. The summed E-state index contributed by atoms with van der Waals surface area (Å²) >= 11 is 1.65. The van der Waals surface area contributed by atoms with Gasteiger partial charge in [0.25, 0.3) is 0 Å². The smallest absolute Gasteiger partial charge is 0.351 e. The lowest BCUT2D eigenvalue weighted by Gasteiger charge is -2.19. The van der Waals surface area contributed by atoms with Crippen molar-refractivity contribution in [3.8, 4) is 0 Å². The van der Waals surface area contributed by atoms with Crippen LogP contribution in [0.1, 0.15) is 19.3 Å². The number of rotatable bonds is 7. The van der Waals surface area contributed by atoms with Crippen LogP contribution in [0, 0.1) is 0 Å². The Hall–Kier alpha value is -0.770. The molecule has 1 aromatic rings. The van der Waals surface area contributed by atoms with E-state index in [9.17, 15) is 22.0 Å². The van der Waals surface area contributed by atoms with E-state index >= 15 is 0 Å². The molecule has 1 atom stereocenters. The van der Waals surface area contributed by atoms with Gasteiger partial charge in [-0.05, 0) is 18.6 Å². The lowest BCUT2D eigenvalue weighted by atomic mass is 10.2. The molecule has 0 amide bonds. The Balaban J connectivity index is 2.85. The normalized spacial score (nSPS) is 13.9. The average Bonchev–Trinajstić information content (AvgIpc) is 2.36. The minimum Gasteiger partial charge on any atom is -0.481 e. The molecule has 20 heavy (non-hydrogen) atoms. The van der Waals surface area contributed by atoms with E-state index in [0.717, 1.165) is 12.1 Å². The van der Waals surface area contributed by atoms with E-state index in [1.54, 1.807) is 22.6 Å². The maximum atomic E-state index is 13.9. The minimum atomic E-state index is -4.76. The van der Waals surface area contributed by atoms with Gasteiger partial charge in [0.15, 0.2) is 0 Å². The lowest BCUT2D eigenvalue weighted by Crippen LogP contribution is -2.32. The first kappa shape index (κ1) is 17.3. The maximum Gasteiger partial charge on any atom is 0.351 e. The summed E-state index contributed by atoms with van der Waals surface area (Å²) in [6.07, 6.45) is -1.18. The molecule has 0 aliphatic carbocycles. The third kappa shape index (κ3) is 4.37. The van der Waals surface area contributed by atoms with Crippen LogP contribution >= 0.6 is 22.6 Å². The summed E-state index contributed by atoms with van der Waals surface area (Å²) < 4.78 is 50.8. The number of carboxylic acids is 1. The van der Waals surface area contributed by atoms with Gasteiger partial charge in [-0.25, -0.2) is 8.42 Å². The van der Waals surface area contributed by atoms with Crippen LogP contribution in [0.4, 0.5) is 8.78 Å². The molecule has 0 saturated heterocycles. The second-order valence-corrected chi connectivity index (χ2v) is 8.02. The fourth-order valence-corrected chi connectivity index (χ4v) is 3.97. The van der Waals surface area contributed by atoms with E-state index in [1.807, 2.05) is 0 Å². The second-order valence-electron chi connectivity index (χ2n) is 4.19. The largest absolute Gasteiger partial charge is 0.481 e. The molecule has 1 unspecified atom stereocenters. The van der Waals surface area contributed by atoms with Gasteiger partial charge in [0.2, 0.25) is 9.84 Å². The fourth-order valence-electron chi connectivity index (χ4n) is 1.52. The monoisotopic (exact) mass is 418 g/mol. The summed E-state index contributed by atoms with van der Waals surface area (Å²) in [6, 6.07) is 6.50. The second kappa shape index (κ2) is 6.79. The molecule has 0 aromatic heterocycles. The van der Waals surface area contributed by atoms with Crippen LogP contribution in [0.2, 0.25) is 0 Å². The molecule has 1 aromatic carbocycles. The van der Waals surface area contributed by atoms with Crippen molar-refractivity contribution in [1.29, 1.82) is 0 Å². The molecule has 0 saturated carbocycles. The van der Waals surface area contributed by atoms with Gasteiger partial charge in [0.05, 0.1) is 4.90 Å². The molecule has 0 aliphatic rings. The van der Waals surface area contributed by atoms with Gasteiger partial charge in [-0.1, -0.05) is 40.8 Å². The van der Waals surface area contributed by atoms with E-state index in [2.05, 4.69) is 0 Å². The third-order valence-corrected chi connectivity index (χ3v) is 5.49. The van der Waals surface area contributed by atoms with Gasteiger partial charge >= 0.3 is 11.2 Å². The molecule has 8 heteroatoms. The first-order chi connectivity index (χ1) is 9.17. The number of benzene rings is 1. The number of carbonyl (C=O) groups is 1. The van der Waals surface area contributed by atoms with Gasteiger partial charge in [0, 0.05) is 16.8 Å². The molecule has 0 spiro atoms. The van der Waals surface area contributed by atoms with Crippen molar-refractivity contribution in [2.24, 2.45) is 0 Å². The maximum absolute atomic E-state index is 13.9. The SMILES string of the molecule is O=C(O)CCC(I)CC(F)(F)S(=O)(=O)c1ccccc1. The van der Waals surface area contributed by atoms with Crippen LogP contribution in [-0.2, 0) is 14.6 Å². The molecule has 0 radical (unpaired) electrons. The van der Waals surface area contributed by atoms with Crippen molar-refractivity contribution < 1.29 is 27.1 Å². The number of aliphatic carboxylic acids is 1. The number of sulfone groups is 1. The Kier molecular flexibility index (Phi) is 5.87. The van der Waals surface area contributed by atoms with Gasteiger partial charge in [0.1, 0.15) is 0 Å². The molecular weight excluding hydrogens is 405 g/mol. The Morgan fingerprint density at radius 1 is 1.30 bits per heavy atom. The molecule has 0 heterocycles. The highest BCUT2D eigenvalue weighted by atomic mass is 127. The zero-order valence-electron chi connectivity index (χ0n) is 10.3.